The molecule has 0 N–H and O–H groups in total. The van der Waals surface area contributed by atoms with E-state index in [0.29, 0.717) is 25.0 Å². The standard InChI is InChI=1S/C21H21FN4O2/c1-24-8-10-25(11-9-24)21(28)17-12-15(6-7-18(17)22)13-26-14-23-20(27)16-4-2-3-5-19(16)26/h2-7,12,14H,8-11,13H2,1H3. The molecule has 0 aliphatic carbocycles. The van der Waals surface area contributed by atoms with Crippen molar-refractivity contribution in [3.63, 3.8) is 0 Å². The van der Waals surface area contributed by atoms with Crippen molar-refractivity contribution < 1.29 is 9.18 Å². The fourth-order valence-electron chi connectivity index (χ4n) is 3.50. The van der Waals surface area contributed by atoms with E-state index in [0.717, 1.165) is 24.2 Å². The summed E-state index contributed by atoms with van der Waals surface area (Å²) in [5.74, 6) is -0.800. The number of likely N-dealkylation sites (N-methyl/N-ethyl adjacent to an activating group) is 1. The van der Waals surface area contributed by atoms with E-state index < -0.39 is 5.82 Å². The summed E-state index contributed by atoms with van der Waals surface area (Å²) in [6, 6.07) is 11.8. The van der Waals surface area contributed by atoms with Crippen LogP contribution < -0.4 is 5.56 Å². The van der Waals surface area contributed by atoms with Crippen molar-refractivity contribution in [2.24, 2.45) is 0 Å². The molecule has 1 amide bonds. The van der Waals surface area contributed by atoms with Crippen molar-refractivity contribution in [3.05, 3.63) is 76.1 Å². The lowest BCUT2D eigenvalue weighted by atomic mass is 10.1. The van der Waals surface area contributed by atoms with Crippen LogP contribution in [0, 0.1) is 5.82 Å². The van der Waals surface area contributed by atoms with Gasteiger partial charge in [0.15, 0.2) is 0 Å². The Labute approximate surface area is 161 Å². The predicted molar refractivity (Wildman–Crippen MR) is 105 cm³/mol. The number of aromatic nitrogens is 2. The number of amides is 1. The summed E-state index contributed by atoms with van der Waals surface area (Å²) in [4.78, 5) is 32.5. The van der Waals surface area contributed by atoms with Crippen molar-refractivity contribution in [1.82, 2.24) is 19.4 Å². The topological polar surface area (TPSA) is 58.4 Å². The Morgan fingerprint density at radius 2 is 1.86 bits per heavy atom. The average molecular weight is 380 g/mol. The highest BCUT2D eigenvalue weighted by Crippen LogP contribution is 2.17. The van der Waals surface area contributed by atoms with Crippen LogP contribution in [0.25, 0.3) is 10.9 Å². The van der Waals surface area contributed by atoms with Crippen LogP contribution in [0.4, 0.5) is 4.39 Å². The fraction of sp³-hybridized carbons (Fsp3) is 0.286. The lowest BCUT2D eigenvalue weighted by Crippen LogP contribution is -2.47. The van der Waals surface area contributed by atoms with Crippen LogP contribution in [0.15, 0.2) is 53.6 Å². The van der Waals surface area contributed by atoms with Gasteiger partial charge in [-0.25, -0.2) is 4.39 Å². The normalized spacial score (nSPS) is 15.1. The van der Waals surface area contributed by atoms with Gasteiger partial charge in [0, 0.05) is 32.7 Å². The van der Waals surface area contributed by atoms with E-state index in [1.54, 1.807) is 29.2 Å². The summed E-state index contributed by atoms with van der Waals surface area (Å²) in [5.41, 5.74) is 1.32. The Morgan fingerprint density at radius 1 is 1.11 bits per heavy atom. The number of hydrogen-bond acceptors (Lipinski definition) is 4. The molecule has 0 spiro atoms. The molecule has 1 fully saturated rings. The van der Waals surface area contributed by atoms with Crippen molar-refractivity contribution in [2.75, 3.05) is 33.2 Å². The molecule has 3 aromatic rings. The number of fused-ring (bicyclic) bond motifs is 1. The number of para-hydroxylation sites is 1. The highest BCUT2D eigenvalue weighted by Gasteiger charge is 2.23. The van der Waals surface area contributed by atoms with Gasteiger partial charge in [0.25, 0.3) is 11.5 Å². The summed E-state index contributed by atoms with van der Waals surface area (Å²) < 4.78 is 16.2. The lowest BCUT2D eigenvalue weighted by Gasteiger charge is -2.32. The smallest absolute Gasteiger partial charge is 0.280 e. The molecule has 1 aromatic heterocycles. The summed E-state index contributed by atoms with van der Waals surface area (Å²) in [5, 5.41) is 0.529. The zero-order valence-electron chi connectivity index (χ0n) is 15.6. The van der Waals surface area contributed by atoms with Gasteiger partial charge in [-0.3, -0.25) is 9.59 Å². The number of rotatable bonds is 3. The van der Waals surface area contributed by atoms with Gasteiger partial charge in [-0.15, -0.1) is 0 Å². The second-order valence-corrected chi connectivity index (χ2v) is 7.10. The van der Waals surface area contributed by atoms with Crippen molar-refractivity contribution in [3.8, 4) is 0 Å². The molecule has 6 nitrogen and oxygen atoms in total. The second kappa shape index (κ2) is 7.52. The minimum absolute atomic E-state index is 0.0837. The van der Waals surface area contributed by atoms with Crippen molar-refractivity contribution >= 4 is 16.8 Å². The third kappa shape index (κ3) is 3.53. The van der Waals surface area contributed by atoms with Crippen LogP contribution in [-0.4, -0.2) is 58.5 Å². The number of halogens is 1. The molecule has 1 aliphatic rings. The second-order valence-electron chi connectivity index (χ2n) is 7.10. The van der Waals surface area contributed by atoms with Gasteiger partial charge in [0.2, 0.25) is 0 Å². The van der Waals surface area contributed by atoms with Gasteiger partial charge in [0.1, 0.15) is 5.82 Å². The molecule has 1 aliphatic heterocycles. The SMILES string of the molecule is CN1CCN(C(=O)c2cc(Cn3cnc(=O)c4ccccc43)ccc2F)CC1. The highest BCUT2D eigenvalue weighted by molar-refractivity contribution is 5.94. The summed E-state index contributed by atoms with van der Waals surface area (Å²) in [6.07, 6.45) is 1.48. The minimum atomic E-state index is -0.518. The molecule has 2 heterocycles. The van der Waals surface area contributed by atoms with Gasteiger partial charge >= 0.3 is 0 Å². The fourth-order valence-corrected chi connectivity index (χ4v) is 3.50. The van der Waals surface area contributed by atoms with E-state index in [1.807, 2.05) is 23.7 Å². The number of carbonyl (C=O) groups is 1. The van der Waals surface area contributed by atoms with E-state index in [-0.39, 0.29) is 17.0 Å². The van der Waals surface area contributed by atoms with E-state index in [2.05, 4.69) is 9.88 Å². The molecule has 0 atom stereocenters. The van der Waals surface area contributed by atoms with Gasteiger partial charge in [0.05, 0.1) is 22.8 Å². The number of piperazine rings is 1. The third-order valence-corrected chi connectivity index (χ3v) is 5.16. The maximum Gasteiger partial charge on any atom is 0.280 e. The van der Waals surface area contributed by atoms with Gasteiger partial charge in [-0.1, -0.05) is 18.2 Å². The molecule has 2 aromatic carbocycles. The Bertz CT molecular complexity index is 1090. The Hall–Kier alpha value is -3.06. The molecule has 1 saturated heterocycles. The quantitative estimate of drug-likeness (QED) is 0.697. The molecular weight excluding hydrogens is 359 g/mol. The lowest BCUT2D eigenvalue weighted by molar-refractivity contribution is 0.0659. The maximum atomic E-state index is 14.4. The van der Waals surface area contributed by atoms with E-state index in [1.165, 1.54) is 12.4 Å². The molecule has 0 unspecified atom stereocenters. The van der Waals surface area contributed by atoms with Crippen LogP contribution >= 0.6 is 0 Å². The van der Waals surface area contributed by atoms with Crippen LogP contribution in [0.2, 0.25) is 0 Å². The summed E-state index contributed by atoms with van der Waals surface area (Å²) in [6.45, 7) is 3.13. The molecule has 28 heavy (non-hydrogen) atoms. The molecule has 0 bridgehead atoms. The zero-order valence-corrected chi connectivity index (χ0v) is 15.6. The molecule has 4 rings (SSSR count). The minimum Gasteiger partial charge on any atom is -0.336 e. The largest absolute Gasteiger partial charge is 0.336 e. The highest BCUT2D eigenvalue weighted by atomic mass is 19.1. The van der Waals surface area contributed by atoms with Crippen molar-refractivity contribution in [1.29, 1.82) is 0 Å². The van der Waals surface area contributed by atoms with Gasteiger partial charge in [-0.2, -0.15) is 4.98 Å². The Morgan fingerprint density at radius 3 is 2.64 bits per heavy atom. The van der Waals surface area contributed by atoms with E-state index in [9.17, 15) is 14.0 Å². The van der Waals surface area contributed by atoms with E-state index >= 15 is 0 Å². The van der Waals surface area contributed by atoms with Crippen LogP contribution in [0.1, 0.15) is 15.9 Å². The van der Waals surface area contributed by atoms with Crippen LogP contribution in [0.3, 0.4) is 0 Å². The van der Waals surface area contributed by atoms with Gasteiger partial charge < -0.3 is 14.4 Å². The first-order valence-corrected chi connectivity index (χ1v) is 9.23. The molecule has 7 heteroatoms. The number of hydrogen-bond donors (Lipinski definition) is 0. The maximum absolute atomic E-state index is 14.4. The molecule has 0 radical (unpaired) electrons. The van der Waals surface area contributed by atoms with E-state index in [4.69, 9.17) is 0 Å². The molecular formula is C21H21FN4O2. The summed E-state index contributed by atoms with van der Waals surface area (Å²) in [7, 11) is 2.01. The van der Waals surface area contributed by atoms with Crippen molar-refractivity contribution in [2.45, 2.75) is 6.54 Å². The monoisotopic (exact) mass is 380 g/mol. The first-order chi connectivity index (χ1) is 13.5. The third-order valence-electron chi connectivity index (χ3n) is 5.16. The van der Waals surface area contributed by atoms with Crippen LogP contribution in [0.5, 0.6) is 0 Å². The number of nitrogens with zero attached hydrogens (tertiary/aromatic N) is 4. The van der Waals surface area contributed by atoms with Gasteiger partial charge in [-0.05, 0) is 36.9 Å². The first-order valence-electron chi connectivity index (χ1n) is 9.23. The molecule has 144 valence electrons. The Kier molecular flexibility index (Phi) is 4.92. The number of carbonyl (C=O) groups excluding carboxylic acids is 1. The predicted octanol–water partition coefficient (Wildman–Crippen LogP) is 1.97. The average Bonchev–Trinajstić information content (AvgIpc) is 2.72. The summed E-state index contributed by atoms with van der Waals surface area (Å²) >= 11 is 0. The molecule has 0 saturated carbocycles. The Balaban J connectivity index is 1.64. The first kappa shape index (κ1) is 18.3. The van der Waals surface area contributed by atoms with Crippen LogP contribution in [-0.2, 0) is 6.54 Å². The zero-order chi connectivity index (χ0) is 19.7. The number of benzene rings is 2.